The van der Waals surface area contributed by atoms with Gasteiger partial charge in [-0.25, -0.2) is 4.98 Å². The largest absolute Gasteiger partial charge is 0.379 e. The van der Waals surface area contributed by atoms with Gasteiger partial charge in [-0.3, -0.25) is 14.6 Å². The zero-order valence-corrected chi connectivity index (χ0v) is 22.1. The number of fused-ring (bicyclic) bond motifs is 1. The Balaban J connectivity index is 1.36. The molecule has 4 aromatic rings. The van der Waals surface area contributed by atoms with Crippen LogP contribution in [-0.2, 0) is 11.3 Å². The third kappa shape index (κ3) is 4.79. The first kappa shape index (κ1) is 24.2. The maximum atomic E-state index is 5.51. The molecule has 2 fully saturated rings. The molecule has 7 nitrogen and oxygen atoms in total. The molecule has 0 radical (unpaired) electrons. The van der Waals surface area contributed by atoms with Crippen LogP contribution in [-0.4, -0.2) is 64.0 Å². The smallest absolute Gasteiger partial charge is 0.0972 e. The highest BCUT2D eigenvalue weighted by atomic mass is 16.5. The van der Waals surface area contributed by atoms with E-state index in [9.17, 15) is 0 Å². The molecule has 4 heterocycles. The van der Waals surface area contributed by atoms with Gasteiger partial charge in [-0.15, -0.1) is 0 Å². The summed E-state index contributed by atoms with van der Waals surface area (Å²) in [6, 6.07) is 13.5. The lowest BCUT2D eigenvalue weighted by Gasteiger charge is -2.27. The number of aromatic nitrogens is 4. The van der Waals surface area contributed by atoms with Crippen molar-refractivity contribution in [2.24, 2.45) is 0 Å². The second-order valence-electron chi connectivity index (χ2n) is 10.4. The highest BCUT2D eigenvalue weighted by Gasteiger charge is 2.23. The van der Waals surface area contributed by atoms with Crippen LogP contribution in [0.1, 0.15) is 41.4 Å². The fraction of sp³-hybridized carbons (Fsp3) is 0.433. The van der Waals surface area contributed by atoms with Crippen LogP contribution >= 0.6 is 0 Å². The fourth-order valence-electron chi connectivity index (χ4n) is 5.87. The van der Waals surface area contributed by atoms with Gasteiger partial charge in [0.2, 0.25) is 0 Å². The van der Waals surface area contributed by atoms with Crippen molar-refractivity contribution in [2.45, 2.75) is 46.2 Å². The summed E-state index contributed by atoms with van der Waals surface area (Å²) in [4.78, 5) is 12.5. The van der Waals surface area contributed by atoms with Gasteiger partial charge in [0.05, 0.1) is 47.9 Å². The monoisotopic (exact) mass is 496 g/mol. The molecular formula is C30H36N6O. The van der Waals surface area contributed by atoms with E-state index in [2.05, 4.69) is 66.0 Å². The Labute approximate surface area is 218 Å². The molecule has 2 aromatic carbocycles. The number of morpholine rings is 1. The summed E-state index contributed by atoms with van der Waals surface area (Å²) >= 11 is 0. The first-order valence-corrected chi connectivity index (χ1v) is 13.5. The minimum Gasteiger partial charge on any atom is -0.379 e. The number of ether oxygens (including phenoxy) is 1. The number of aryl methyl sites for hydroxylation is 2. The highest BCUT2D eigenvalue weighted by Crippen LogP contribution is 2.33. The van der Waals surface area contributed by atoms with Gasteiger partial charge < -0.3 is 10.1 Å². The minimum atomic E-state index is 0.441. The van der Waals surface area contributed by atoms with Crippen molar-refractivity contribution in [3.8, 4) is 22.4 Å². The summed E-state index contributed by atoms with van der Waals surface area (Å²) in [6.07, 6.45) is 4.12. The van der Waals surface area contributed by atoms with Gasteiger partial charge in [0.25, 0.3) is 0 Å². The summed E-state index contributed by atoms with van der Waals surface area (Å²) in [7, 11) is 0. The zero-order chi connectivity index (χ0) is 25.4. The molecule has 6 rings (SSSR count). The zero-order valence-electron chi connectivity index (χ0n) is 22.1. The van der Waals surface area contributed by atoms with Crippen LogP contribution < -0.4 is 5.32 Å². The molecule has 1 N–H and O–H groups in total. The molecule has 2 aliphatic heterocycles. The first-order valence-electron chi connectivity index (χ1n) is 13.5. The SMILES string of the molecule is Cc1cc(-c2cccc3ncc(-c4c(C)nn(C5CCNCC5)c4C)nc23)ccc1CN1CCOCC1. The number of rotatable bonds is 5. The normalized spacial score (nSPS) is 17.5. The van der Waals surface area contributed by atoms with Crippen LogP contribution in [0.2, 0.25) is 0 Å². The Hall–Kier alpha value is -3.13. The molecule has 0 atom stereocenters. The van der Waals surface area contributed by atoms with Crippen LogP contribution in [0.25, 0.3) is 33.4 Å². The summed E-state index contributed by atoms with van der Waals surface area (Å²) in [5.74, 6) is 0. The summed E-state index contributed by atoms with van der Waals surface area (Å²) in [5, 5.41) is 8.41. The van der Waals surface area contributed by atoms with Gasteiger partial charge in [-0.2, -0.15) is 5.10 Å². The van der Waals surface area contributed by atoms with Crippen LogP contribution in [0.5, 0.6) is 0 Å². The van der Waals surface area contributed by atoms with Gasteiger partial charge in [-0.05, 0) is 69.5 Å². The number of nitrogens with one attached hydrogen (secondary N) is 1. The average Bonchev–Trinajstić information content (AvgIpc) is 3.23. The van der Waals surface area contributed by atoms with Gasteiger partial charge >= 0.3 is 0 Å². The number of para-hydroxylation sites is 1. The molecule has 2 aliphatic rings. The Morgan fingerprint density at radius 3 is 2.62 bits per heavy atom. The van der Waals surface area contributed by atoms with E-state index in [0.29, 0.717) is 6.04 Å². The van der Waals surface area contributed by atoms with Gasteiger partial charge in [0.15, 0.2) is 0 Å². The van der Waals surface area contributed by atoms with Crippen LogP contribution in [0.15, 0.2) is 42.6 Å². The van der Waals surface area contributed by atoms with E-state index in [1.54, 1.807) is 0 Å². The van der Waals surface area contributed by atoms with Crippen molar-refractivity contribution >= 4 is 11.0 Å². The van der Waals surface area contributed by atoms with Crippen molar-refractivity contribution < 1.29 is 4.74 Å². The maximum absolute atomic E-state index is 5.51. The topological polar surface area (TPSA) is 68.1 Å². The lowest BCUT2D eigenvalue weighted by molar-refractivity contribution is 0.0341. The van der Waals surface area contributed by atoms with E-state index in [1.807, 2.05) is 12.3 Å². The van der Waals surface area contributed by atoms with E-state index in [-0.39, 0.29) is 0 Å². The van der Waals surface area contributed by atoms with Crippen molar-refractivity contribution in [3.63, 3.8) is 0 Å². The van der Waals surface area contributed by atoms with Crippen LogP contribution in [0.4, 0.5) is 0 Å². The predicted octanol–water partition coefficient (Wildman–Crippen LogP) is 4.84. The molecule has 2 aromatic heterocycles. The Morgan fingerprint density at radius 2 is 1.84 bits per heavy atom. The maximum Gasteiger partial charge on any atom is 0.0972 e. The van der Waals surface area contributed by atoms with Crippen molar-refractivity contribution in [1.29, 1.82) is 0 Å². The Kier molecular flexibility index (Phi) is 6.76. The summed E-state index contributed by atoms with van der Waals surface area (Å²) in [5.41, 5.74) is 11.0. The van der Waals surface area contributed by atoms with E-state index >= 15 is 0 Å². The van der Waals surface area contributed by atoms with Crippen LogP contribution in [0, 0.1) is 20.8 Å². The molecule has 0 aliphatic carbocycles. The van der Waals surface area contributed by atoms with Gasteiger partial charge in [-0.1, -0.05) is 30.3 Å². The quantitative estimate of drug-likeness (QED) is 0.426. The van der Waals surface area contributed by atoms with Crippen molar-refractivity contribution in [2.75, 3.05) is 39.4 Å². The Bertz CT molecular complexity index is 1420. The average molecular weight is 497 g/mol. The second-order valence-corrected chi connectivity index (χ2v) is 10.4. The molecule has 0 saturated carbocycles. The highest BCUT2D eigenvalue weighted by molar-refractivity contribution is 5.92. The molecule has 192 valence electrons. The van der Waals surface area contributed by atoms with Gasteiger partial charge in [0, 0.05) is 36.5 Å². The number of nitrogens with zero attached hydrogens (tertiary/aromatic N) is 5. The number of piperidine rings is 1. The lowest BCUT2D eigenvalue weighted by atomic mass is 9.98. The Morgan fingerprint density at radius 1 is 1.03 bits per heavy atom. The van der Waals surface area contributed by atoms with E-state index in [0.717, 1.165) is 92.3 Å². The standard InChI is InChI=1S/C30H36N6O/c1-20-17-23(7-8-24(20)19-35-13-15-37-16-14-35)26-5-4-6-27-30(26)33-28(18-32-27)29-21(2)34-36(22(29)3)25-9-11-31-12-10-25/h4-8,17-18,25,31H,9-16,19H2,1-3H3. The predicted molar refractivity (Wildman–Crippen MR) is 148 cm³/mol. The number of hydrogen-bond acceptors (Lipinski definition) is 6. The van der Waals surface area contributed by atoms with Crippen molar-refractivity contribution in [1.82, 2.24) is 30.0 Å². The van der Waals surface area contributed by atoms with Crippen LogP contribution in [0.3, 0.4) is 0 Å². The van der Waals surface area contributed by atoms with Gasteiger partial charge in [0.1, 0.15) is 0 Å². The molecule has 0 amide bonds. The lowest BCUT2D eigenvalue weighted by Crippen LogP contribution is -2.35. The third-order valence-electron chi connectivity index (χ3n) is 7.96. The second kappa shape index (κ2) is 10.3. The third-order valence-corrected chi connectivity index (χ3v) is 7.96. The molecule has 7 heteroatoms. The molecular weight excluding hydrogens is 460 g/mol. The molecule has 0 bridgehead atoms. The summed E-state index contributed by atoms with van der Waals surface area (Å²) in [6.45, 7) is 13.2. The van der Waals surface area contributed by atoms with E-state index in [1.165, 1.54) is 22.4 Å². The molecule has 0 spiro atoms. The molecule has 2 saturated heterocycles. The number of benzene rings is 2. The number of hydrogen-bond donors (Lipinski definition) is 1. The first-order chi connectivity index (χ1) is 18.1. The van der Waals surface area contributed by atoms with Crippen molar-refractivity contribution in [3.05, 3.63) is 65.1 Å². The summed E-state index contributed by atoms with van der Waals surface area (Å²) < 4.78 is 7.73. The minimum absolute atomic E-state index is 0.441. The fourth-order valence-corrected chi connectivity index (χ4v) is 5.87. The molecule has 37 heavy (non-hydrogen) atoms. The van der Waals surface area contributed by atoms with E-state index in [4.69, 9.17) is 19.8 Å². The van der Waals surface area contributed by atoms with E-state index < -0.39 is 0 Å². The molecule has 0 unspecified atom stereocenters.